The van der Waals surface area contributed by atoms with Gasteiger partial charge in [0.1, 0.15) is 0 Å². The zero-order valence-electron chi connectivity index (χ0n) is 5.35. The first-order valence-corrected chi connectivity index (χ1v) is 3.76. The van der Waals surface area contributed by atoms with Gasteiger partial charge >= 0.3 is 11.9 Å². The molecule has 0 aromatic heterocycles. The van der Waals surface area contributed by atoms with Crippen molar-refractivity contribution in [1.29, 1.82) is 0 Å². The van der Waals surface area contributed by atoms with E-state index in [4.69, 9.17) is 10.2 Å². The van der Waals surface area contributed by atoms with Crippen molar-refractivity contribution in [3.8, 4) is 0 Å². The van der Waals surface area contributed by atoms with E-state index in [0.717, 1.165) is 11.8 Å². The molecule has 0 spiro atoms. The van der Waals surface area contributed by atoms with Crippen LogP contribution in [0.2, 0.25) is 0 Å². The Morgan fingerprint density at radius 1 is 1.55 bits per heavy atom. The quantitative estimate of drug-likeness (QED) is 0.600. The maximum Gasteiger partial charge on any atom is 0.360 e. The summed E-state index contributed by atoms with van der Waals surface area (Å²) in [6.07, 6.45) is 0. The van der Waals surface area contributed by atoms with Crippen molar-refractivity contribution in [2.75, 3.05) is 5.75 Å². The van der Waals surface area contributed by atoms with E-state index in [1.165, 1.54) is 0 Å². The van der Waals surface area contributed by atoms with E-state index in [0.29, 0.717) is 0 Å². The number of nitrogens with zero attached hydrogens (tertiary/aromatic N) is 1. The van der Waals surface area contributed by atoms with E-state index in [1.54, 1.807) is 0 Å². The Bertz CT molecular complexity index is 237. The van der Waals surface area contributed by atoms with E-state index in [1.807, 2.05) is 0 Å². The number of hydrogen-bond donors (Lipinski definition) is 2. The summed E-state index contributed by atoms with van der Waals surface area (Å²) in [6.45, 7) is 0. The highest BCUT2D eigenvalue weighted by molar-refractivity contribution is 8.16. The zero-order chi connectivity index (χ0) is 8.43. The van der Waals surface area contributed by atoms with Crippen LogP contribution in [0, 0.1) is 0 Å². The number of carboxylic acids is 2. The minimum absolute atomic E-state index is 0.114. The molecule has 1 heterocycles. The topological polar surface area (TPSA) is 87.0 Å². The highest BCUT2D eigenvalue weighted by atomic mass is 32.2. The lowest BCUT2D eigenvalue weighted by Crippen LogP contribution is -2.17. The van der Waals surface area contributed by atoms with Crippen molar-refractivity contribution in [1.82, 2.24) is 0 Å². The van der Waals surface area contributed by atoms with Gasteiger partial charge < -0.3 is 10.2 Å². The molecule has 0 saturated carbocycles. The molecule has 1 rings (SSSR count). The summed E-state index contributed by atoms with van der Waals surface area (Å²) >= 11 is 0.957. The SMILES string of the molecule is O=C(O)C1=NC(C(=O)O)CS1. The number of thioether (sulfide) groups is 1. The van der Waals surface area contributed by atoms with Crippen LogP contribution in [0.5, 0.6) is 0 Å². The molecule has 0 aromatic rings. The Kier molecular flexibility index (Phi) is 2.13. The van der Waals surface area contributed by atoms with Crippen LogP contribution in [0.15, 0.2) is 4.99 Å². The van der Waals surface area contributed by atoms with Gasteiger partial charge in [-0.15, -0.1) is 0 Å². The fourth-order valence-electron chi connectivity index (χ4n) is 0.617. The van der Waals surface area contributed by atoms with Crippen LogP contribution in [0.25, 0.3) is 0 Å². The lowest BCUT2D eigenvalue weighted by molar-refractivity contribution is -0.137. The third kappa shape index (κ3) is 1.70. The molecule has 2 N–H and O–H groups in total. The normalized spacial score (nSPS) is 22.9. The van der Waals surface area contributed by atoms with Crippen molar-refractivity contribution in [3.05, 3.63) is 0 Å². The minimum atomic E-state index is -1.15. The van der Waals surface area contributed by atoms with E-state index in [9.17, 15) is 9.59 Å². The molecule has 1 aliphatic rings. The van der Waals surface area contributed by atoms with Gasteiger partial charge in [-0.3, -0.25) is 4.99 Å². The van der Waals surface area contributed by atoms with Crippen LogP contribution in [0.3, 0.4) is 0 Å². The number of aliphatic imine (C=N–C) groups is 1. The molecule has 1 unspecified atom stereocenters. The third-order valence-corrected chi connectivity index (χ3v) is 2.15. The maximum absolute atomic E-state index is 10.3. The van der Waals surface area contributed by atoms with Gasteiger partial charge in [-0.2, -0.15) is 0 Å². The molecule has 0 radical (unpaired) electrons. The van der Waals surface area contributed by atoms with Crippen LogP contribution in [0.1, 0.15) is 0 Å². The molecular formula is C5H5NO4S. The van der Waals surface area contributed by atoms with Gasteiger partial charge in [0, 0.05) is 5.75 Å². The monoisotopic (exact) mass is 175 g/mol. The predicted molar refractivity (Wildman–Crippen MR) is 39.0 cm³/mol. The molecule has 0 amide bonds. The van der Waals surface area contributed by atoms with Gasteiger partial charge in [-0.1, -0.05) is 11.8 Å². The Balaban J connectivity index is 2.68. The van der Waals surface area contributed by atoms with Crippen LogP contribution in [0.4, 0.5) is 0 Å². The summed E-state index contributed by atoms with van der Waals surface area (Å²) in [5.41, 5.74) is 0. The van der Waals surface area contributed by atoms with Crippen LogP contribution in [-0.4, -0.2) is 39.0 Å². The molecule has 0 aromatic carbocycles. The summed E-state index contributed by atoms with van der Waals surface area (Å²) in [4.78, 5) is 23.9. The van der Waals surface area contributed by atoms with Gasteiger partial charge in [0.05, 0.1) is 0 Å². The molecule has 5 nitrogen and oxygen atoms in total. The lowest BCUT2D eigenvalue weighted by Gasteiger charge is -1.93. The number of carboxylic acid groups (broad SMARTS) is 2. The second-order valence-corrected chi connectivity index (χ2v) is 2.91. The number of carbonyl (C=O) groups is 2. The Morgan fingerprint density at radius 3 is 2.45 bits per heavy atom. The number of hydrogen-bond acceptors (Lipinski definition) is 4. The number of aliphatic carboxylic acids is 2. The molecule has 11 heavy (non-hydrogen) atoms. The summed E-state index contributed by atoms with van der Waals surface area (Å²) in [6, 6.07) is -0.883. The molecule has 6 heteroatoms. The van der Waals surface area contributed by atoms with Gasteiger partial charge in [0.25, 0.3) is 0 Å². The fourth-order valence-corrected chi connectivity index (χ4v) is 1.48. The van der Waals surface area contributed by atoms with Gasteiger partial charge in [0.15, 0.2) is 11.1 Å². The van der Waals surface area contributed by atoms with E-state index in [-0.39, 0.29) is 10.8 Å². The van der Waals surface area contributed by atoms with Crippen molar-refractivity contribution >= 4 is 28.7 Å². The average Bonchev–Trinajstić information content (AvgIpc) is 2.33. The second-order valence-electron chi connectivity index (χ2n) is 1.90. The van der Waals surface area contributed by atoms with E-state index < -0.39 is 18.0 Å². The van der Waals surface area contributed by atoms with Crippen molar-refractivity contribution in [3.63, 3.8) is 0 Å². The van der Waals surface area contributed by atoms with Crippen LogP contribution >= 0.6 is 11.8 Å². The van der Waals surface area contributed by atoms with Crippen molar-refractivity contribution in [2.45, 2.75) is 6.04 Å². The lowest BCUT2D eigenvalue weighted by atomic mass is 10.4. The van der Waals surface area contributed by atoms with Crippen LogP contribution < -0.4 is 0 Å². The Morgan fingerprint density at radius 2 is 2.18 bits per heavy atom. The first kappa shape index (κ1) is 8.06. The Hall–Kier alpha value is -1.04. The predicted octanol–water partition coefficient (Wildman–Crippen LogP) is -0.331. The van der Waals surface area contributed by atoms with Gasteiger partial charge in [-0.05, 0) is 0 Å². The maximum atomic E-state index is 10.3. The molecule has 60 valence electrons. The zero-order valence-corrected chi connectivity index (χ0v) is 6.17. The van der Waals surface area contributed by atoms with Gasteiger partial charge in [0.2, 0.25) is 0 Å². The smallest absolute Gasteiger partial charge is 0.360 e. The molecule has 1 atom stereocenters. The standard InChI is InChI=1S/C5H5NO4S/c7-4(8)2-1-11-3(6-2)5(9)10/h2H,1H2,(H,7,8)(H,9,10). The Labute approximate surface area is 66.1 Å². The molecule has 1 aliphatic heterocycles. The highest BCUT2D eigenvalue weighted by Crippen LogP contribution is 2.17. The second kappa shape index (κ2) is 2.91. The third-order valence-electron chi connectivity index (χ3n) is 1.12. The first-order chi connectivity index (χ1) is 5.11. The number of rotatable bonds is 2. The molecular weight excluding hydrogens is 170 g/mol. The molecule has 0 aliphatic carbocycles. The fraction of sp³-hybridized carbons (Fsp3) is 0.400. The largest absolute Gasteiger partial charge is 0.480 e. The molecule has 0 saturated heterocycles. The minimum Gasteiger partial charge on any atom is -0.480 e. The molecule has 0 fully saturated rings. The first-order valence-electron chi connectivity index (χ1n) is 2.78. The summed E-state index contributed by atoms with van der Waals surface area (Å²) in [5, 5.41) is 16.7. The van der Waals surface area contributed by atoms with E-state index >= 15 is 0 Å². The summed E-state index contributed by atoms with van der Waals surface area (Å²) in [7, 11) is 0. The van der Waals surface area contributed by atoms with E-state index in [2.05, 4.69) is 4.99 Å². The summed E-state index contributed by atoms with van der Waals surface area (Å²) < 4.78 is 0. The van der Waals surface area contributed by atoms with Crippen molar-refractivity contribution in [2.24, 2.45) is 4.99 Å². The van der Waals surface area contributed by atoms with Gasteiger partial charge in [-0.25, -0.2) is 9.59 Å². The highest BCUT2D eigenvalue weighted by Gasteiger charge is 2.27. The average molecular weight is 175 g/mol. The molecule has 0 bridgehead atoms. The van der Waals surface area contributed by atoms with Crippen LogP contribution in [-0.2, 0) is 9.59 Å². The van der Waals surface area contributed by atoms with Crippen molar-refractivity contribution < 1.29 is 19.8 Å². The summed E-state index contributed by atoms with van der Waals surface area (Å²) in [5.74, 6) is -2.01.